The monoisotopic (exact) mass is 257 g/mol. The van der Waals surface area contributed by atoms with Gasteiger partial charge in [0, 0.05) is 29.9 Å². The summed E-state index contributed by atoms with van der Waals surface area (Å²) in [6, 6.07) is 8.92. The van der Waals surface area contributed by atoms with Crippen LogP contribution in [0.4, 0.5) is 0 Å². The zero-order valence-electron chi connectivity index (χ0n) is 10.9. The van der Waals surface area contributed by atoms with Crippen LogP contribution in [0, 0.1) is 0 Å². The Bertz CT molecular complexity index is 567. The van der Waals surface area contributed by atoms with Crippen molar-refractivity contribution in [2.45, 2.75) is 6.42 Å². The van der Waals surface area contributed by atoms with Crippen molar-refractivity contribution in [1.82, 2.24) is 4.98 Å². The summed E-state index contributed by atoms with van der Waals surface area (Å²) in [5.41, 5.74) is 1.45. The molecule has 2 aromatic rings. The average molecular weight is 257 g/mol. The number of hydrogen-bond donors (Lipinski definition) is 0. The summed E-state index contributed by atoms with van der Waals surface area (Å²) >= 11 is 0. The van der Waals surface area contributed by atoms with Crippen molar-refractivity contribution in [3.63, 3.8) is 0 Å². The Balaban J connectivity index is 2.26. The summed E-state index contributed by atoms with van der Waals surface area (Å²) in [5, 5.41) is 0. The molecule has 1 aromatic carbocycles. The van der Waals surface area contributed by atoms with Gasteiger partial charge in [-0.25, -0.2) is 0 Å². The molecule has 0 amide bonds. The molecule has 0 aliphatic heterocycles. The zero-order valence-corrected chi connectivity index (χ0v) is 10.9. The van der Waals surface area contributed by atoms with Crippen molar-refractivity contribution >= 4 is 5.78 Å². The van der Waals surface area contributed by atoms with E-state index in [0.29, 0.717) is 17.1 Å². The maximum Gasteiger partial charge on any atom is 0.167 e. The Kier molecular flexibility index (Phi) is 4.13. The molecular weight excluding hydrogens is 242 g/mol. The molecule has 0 unspecified atom stereocenters. The van der Waals surface area contributed by atoms with Crippen LogP contribution in [0.5, 0.6) is 11.5 Å². The molecule has 0 saturated heterocycles. The summed E-state index contributed by atoms with van der Waals surface area (Å²) in [6.45, 7) is 0. The predicted octanol–water partition coefficient (Wildman–Crippen LogP) is 2.52. The molecule has 0 radical (unpaired) electrons. The standard InChI is InChI=1S/C15H15NO3/c1-18-14-5-3-4-12(15(14)19-2)10-13(17)11-6-8-16-9-7-11/h3-9H,10H2,1-2H3. The number of aromatic nitrogens is 1. The Morgan fingerprint density at radius 3 is 2.47 bits per heavy atom. The Hall–Kier alpha value is -2.36. The second kappa shape index (κ2) is 6.00. The lowest BCUT2D eigenvalue weighted by atomic mass is 10.0. The van der Waals surface area contributed by atoms with E-state index in [1.165, 1.54) is 0 Å². The molecule has 0 fully saturated rings. The minimum atomic E-state index is 0.0222. The SMILES string of the molecule is COc1cccc(CC(=O)c2ccncc2)c1OC. The van der Waals surface area contributed by atoms with Gasteiger partial charge in [0.1, 0.15) is 0 Å². The topological polar surface area (TPSA) is 48.4 Å². The van der Waals surface area contributed by atoms with Gasteiger partial charge < -0.3 is 9.47 Å². The van der Waals surface area contributed by atoms with Crippen LogP contribution in [0.25, 0.3) is 0 Å². The highest BCUT2D eigenvalue weighted by Crippen LogP contribution is 2.31. The summed E-state index contributed by atoms with van der Waals surface area (Å²) < 4.78 is 10.5. The van der Waals surface area contributed by atoms with Gasteiger partial charge in [0.15, 0.2) is 17.3 Å². The molecule has 19 heavy (non-hydrogen) atoms. The highest BCUT2D eigenvalue weighted by Gasteiger charge is 2.14. The number of rotatable bonds is 5. The minimum Gasteiger partial charge on any atom is -0.493 e. The van der Waals surface area contributed by atoms with Gasteiger partial charge in [0.2, 0.25) is 0 Å². The Labute approximate surface area is 112 Å². The van der Waals surface area contributed by atoms with Crippen LogP contribution in [-0.4, -0.2) is 25.0 Å². The number of carbonyl (C=O) groups is 1. The maximum atomic E-state index is 12.2. The van der Waals surface area contributed by atoms with Crippen molar-refractivity contribution in [3.05, 3.63) is 53.9 Å². The summed E-state index contributed by atoms with van der Waals surface area (Å²) in [5.74, 6) is 1.25. The number of benzene rings is 1. The van der Waals surface area contributed by atoms with Crippen LogP contribution in [0.1, 0.15) is 15.9 Å². The summed E-state index contributed by atoms with van der Waals surface area (Å²) in [6.07, 6.45) is 3.48. The van der Waals surface area contributed by atoms with Crippen molar-refractivity contribution < 1.29 is 14.3 Å². The number of nitrogens with zero attached hydrogens (tertiary/aromatic N) is 1. The van der Waals surface area contributed by atoms with E-state index in [4.69, 9.17) is 9.47 Å². The summed E-state index contributed by atoms with van der Waals surface area (Å²) in [4.78, 5) is 16.1. The third-order valence-corrected chi connectivity index (χ3v) is 2.84. The molecular formula is C15H15NO3. The first-order valence-corrected chi connectivity index (χ1v) is 5.89. The number of methoxy groups -OCH3 is 2. The smallest absolute Gasteiger partial charge is 0.167 e. The van der Waals surface area contributed by atoms with Crippen molar-refractivity contribution in [1.29, 1.82) is 0 Å². The van der Waals surface area contributed by atoms with E-state index < -0.39 is 0 Å². The molecule has 0 N–H and O–H groups in total. The van der Waals surface area contributed by atoms with Crippen LogP contribution in [0.3, 0.4) is 0 Å². The number of hydrogen-bond acceptors (Lipinski definition) is 4. The number of pyridine rings is 1. The van der Waals surface area contributed by atoms with E-state index in [1.807, 2.05) is 12.1 Å². The highest BCUT2D eigenvalue weighted by atomic mass is 16.5. The van der Waals surface area contributed by atoms with E-state index >= 15 is 0 Å². The number of Topliss-reactive ketones (excluding diaryl/α,β-unsaturated/α-hetero) is 1. The molecule has 0 aliphatic carbocycles. The first-order chi connectivity index (χ1) is 9.26. The van der Waals surface area contributed by atoms with Crippen LogP contribution < -0.4 is 9.47 Å². The highest BCUT2D eigenvalue weighted by molar-refractivity contribution is 5.97. The van der Waals surface area contributed by atoms with Gasteiger partial charge >= 0.3 is 0 Å². The first kappa shape index (κ1) is 13.1. The molecule has 4 nitrogen and oxygen atoms in total. The van der Waals surface area contributed by atoms with Gasteiger partial charge in [-0.2, -0.15) is 0 Å². The molecule has 1 aromatic heterocycles. The third-order valence-electron chi connectivity index (χ3n) is 2.84. The van der Waals surface area contributed by atoms with Gasteiger partial charge in [-0.1, -0.05) is 12.1 Å². The number of ketones is 1. The molecule has 0 bridgehead atoms. The lowest BCUT2D eigenvalue weighted by Crippen LogP contribution is -2.05. The molecule has 0 saturated carbocycles. The quantitative estimate of drug-likeness (QED) is 0.772. The average Bonchev–Trinajstić information content (AvgIpc) is 2.47. The Morgan fingerprint density at radius 1 is 1.11 bits per heavy atom. The third kappa shape index (κ3) is 2.91. The number of para-hydroxylation sites is 1. The molecule has 2 rings (SSSR count). The van der Waals surface area contributed by atoms with Crippen LogP contribution in [-0.2, 0) is 6.42 Å². The van der Waals surface area contributed by atoms with Gasteiger partial charge in [-0.15, -0.1) is 0 Å². The minimum absolute atomic E-state index is 0.0222. The molecule has 4 heteroatoms. The van der Waals surface area contributed by atoms with E-state index in [1.54, 1.807) is 44.8 Å². The molecule has 98 valence electrons. The van der Waals surface area contributed by atoms with Gasteiger partial charge in [-0.05, 0) is 18.2 Å². The van der Waals surface area contributed by atoms with E-state index in [9.17, 15) is 4.79 Å². The van der Waals surface area contributed by atoms with Crippen molar-refractivity contribution in [2.75, 3.05) is 14.2 Å². The Morgan fingerprint density at radius 2 is 1.84 bits per heavy atom. The van der Waals surface area contributed by atoms with E-state index in [0.717, 1.165) is 5.56 Å². The predicted molar refractivity (Wildman–Crippen MR) is 71.8 cm³/mol. The summed E-state index contributed by atoms with van der Waals surface area (Å²) in [7, 11) is 3.14. The first-order valence-electron chi connectivity index (χ1n) is 5.89. The van der Waals surface area contributed by atoms with Gasteiger partial charge in [-0.3, -0.25) is 9.78 Å². The van der Waals surface area contributed by atoms with Crippen LogP contribution in [0.2, 0.25) is 0 Å². The van der Waals surface area contributed by atoms with E-state index in [2.05, 4.69) is 4.98 Å². The molecule has 0 spiro atoms. The van der Waals surface area contributed by atoms with Crippen LogP contribution in [0.15, 0.2) is 42.7 Å². The molecule has 0 atom stereocenters. The fourth-order valence-corrected chi connectivity index (χ4v) is 1.91. The van der Waals surface area contributed by atoms with E-state index in [-0.39, 0.29) is 12.2 Å². The van der Waals surface area contributed by atoms with Crippen molar-refractivity contribution in [3.8, 4) is 11.5 Å². The molecule has 0 aliphatic rings. The lowest BCUT2D eigenvalue weighted by molar-refractivity contribution is 0.0992. The van der Waals surface area contributed by atoms with Crippen LogP contribution >= 0.6 is 0 Å². The largest absolute Gasteiger partial charge is 0.493 e. The fourth-order valence-electron chi connectivity index (χ4n) is 1.91. The van der Waals surface area contributed by atoms with Gasteiger partial charge in [0.05, 0.1) is 14.2 Å². The lowest BCUT2D eigenvalue weighted by Gasteiger charge is -2.12. The second-order valence-corrected chi connectivity index (χ2v) is 3.99. The second-order valence-electron chi connectivity index (χ2n) is 3.99. The molecule has 1 heterocycles. The number of ether oxygens (including phenoxy) is 2. The number of carbonyl (C=O) groups excluding carboxylic acids is 1. The normalized spacial score (nSPS) is 10.0. The van der Waals surface area contributed by atoms with Gasteiger partial charge in [0.25, 0.3) is 0 Å². The zero-order chi connectivity index (χ0) is 13.7. The maximum absolute atomic E-state index is 12.2. The van der Waals surface area contributed by atoms with Crippen molar-refractivity contribution in [2.24, 2.45) is 0 Å². The fraction of sp³-hybridized carbons (Fsp3) is 0.200.